The number of nitrogens with two attached hydrogens (primary N) is 1. The molecule has 2 N–H and O–H groups in total. The van der Waals surface area contributed by atoms with Crippen molar-refractivity contribution in [2.75, 3.05) is 32.7 Å². The molecule has 0 spiro atoms. The van der Waals surface area contributed by atoms with E-state index in [1.165, 1.54) is 34.7 Å². The van der Waals surface area contributed by atoms with Gasteiger partial charge < -0.3 is 20.3 Å². The number of alkyl halides is 3. The van der Waals surface area contributed by atoms with Crippen LogP contribution >= 0.6 is 0 Å². The highest BCUT2D eigenvalue weighted by Crippen LogP contribution is 2.38. The van der Waals surface area contributed by atoms with Gasteiger partial charge in [-0.25, -0.2) is 9.48 Å². The van der Waals surface area contributed by atoms with Crippen molar-refractivity contribution in [2.45, 2.75) is 19.0 Å². The Labute approximate surface area is 217 Å². The highest BCUT2D eigenvalue weighted by atomic mass is 19.4. The molecule has 2 fully saturated rings. The van der Waals surface area contributed by atoms with Gasteiger partial charge in [-0.15, -0.1) is 0 Å². The van der Waals surface area contributed by atoms with Crippen LogP contribution in [-0.2, 0) is 12.6 Å². The number of carbonyl (C=O) groups is 2. The van der Waals surface area contributed by atoms with Gasteiger partial charge >= 0.3 is 12.3 Å². The molecule has 8 nitrogen and oxygen atoms in total. The number of para-hydroxylation sites is 2. The van der Waals surface area contributed by atoms with E-state index >= 15 is 0 Å². The van der Waals surface area contributed by atoms with Crippen molar-refractivity contribution in [1.82, 2.24) is 19.6 Å². The average molecular weight is 528 g/mol. The van der Waals surface area contributed by atoms with Gasteiger partial charge in [0.2, 0.25) is 0 Å². The van der Waals surface area contributed by atoms with Crippen LogP contribution in [0.1, 0.15) is 28.0 Å². The van der Waals surface area contributed by atoms with Crippen LogP contribution < -0.4 is 10.5 Å². The van der Waals surface area contributed by atoms with Gasteiger partial charge in [0.25, 0.3) is 5.91 Å². The molecule has 0 aliphatic carbocycles. The Morgan fingerprint density at radius 2 is 1.63 bits per heavy atom. The lowest BCUT2D eigenvalue weighted by Gasteiger charge is -2.22. The number of aryl methyl sites for hydroxylation is 1. The highest BCUT2D eigenvalue weighted by molar-refractivity contribution is 5.95. The van der Waals surface area contributed by atoms with Gasteiger partial charge in [-0.2, -0.15) is 18.3 Å². The van der Waals surface area contributed by atoms with E-state index in [2.05, 4.69) is 22.1 Å². The normalized spacial score (nSPS) is 19.5. The second kappa shape index (κ2) is 10.5. The van der Waals surface area contributed by atoms with Crippen LogP contribution in [0, 0.1) is 11.8 Å². The molecule has 2 aliphatic heterocycles. The summed E-state index contributed by atoms with van der Waals surface area (Å²) in [6.07, 6.45) is -3.11. The topological polar surface area (TPSA) is 93.7 Å². The zero-order chi connectivity index (χ0) is 26.9. The Morgan fingerprint density at radius 1 is 0.974 bits per heavy atom. The van der Waals surface area contributed by atoms with E-state index < -0.39 is 29.4 Å². The number of halogens is 3. The lowest BCUT2D eigenvalue weighted by Crippen LogP contribution is -2.34. The molecule has 38 heavy (non-hydrogen) atoms. The molecule has 2 saturated heterocycles. The fourth-order valence-electron chi connectivity index (χ4n) is 5.55. The number of nitrogens with zero attached hydrogens (tertiary/aromatic N) is 4. The lowest BCUT2D eigenvalue weighted by atomic mass is 10.0. The van der Waals surface area contributed by atoms with E-state index in [1.807, 2.05) is 18.2 Å². The monoisotopic (exact) mass is 527 g/mol. The van der Waals surface area contributed by atoms with Crippen molar-refractivity contribution in [3.8, 4) is 11.4 Å². The molecule has 5 rings (SSSR count). The number of likely N-dealkylation sites (tertiary alicyclic amines) is 2. The van der Waals surface area contributed by atoms with Crippen LogP contribution in [0.2, 0.25) is 0 Å². The third kappa shape index (κ3) is 5.38. The van der Waals surface area contributed by atoms with E-state index in [4.69, 9.17) is 10.5 Å². The molecule has 3 aromatic rings. The number of carbonyl (C=O) groups excluding carboxylic acids is 2. The SMILES string of the molecule is NC(=O)Oc1ccccc1-n1ncc(C(=O)N2CC3CN(CCCc4ccccc4)C[C@H]3C2)c1C(F)(F)F. The van der Waals surface area contributed by atoms with Crippen LogP contribution in [0.5, 0.6) is 5.75 Å². The van der Waals surface area contributed by atoms with Crippen molar-refractivity contribution in [2.24, 2.45) is 17.6 Å². The van der Waals surface area contributed by atoms with Crippen molar-refractivity contribution < 1.29 is 27.5 Å². The third-order valence-corrected chi connectivity index (χ3v) is 7.20. The molecule has 0 saturated carbocycles. The van der Waals surface area contributed by atoms with Crippen LogP contribution in [0.4, 0.5) is 18.0 Å². The largest absolute Gasteiger partial charge is 0.434 e. The first-order chi connectivity index (χ1) is 18.2. The number of benzene rings is 2. The zero-order valence-electron chi connectivity index (χ0n) is 20.6. The van der Waals surface area contributed by atoms with Crippen LogP contribution in [0.15, 0.2) is 60.8 Å². The van der Waals surface area contributed by atoms with Gasteiger partial charge in [0, 0.05) is 26.2 Å². The molecule has 2 aliphatic rings. The first kappa shape index (κ1) is 25.8. The Bertz CT molecular complexity index is 1300. The summed E-state index contributed by atoms with van der Waals surface area (Å²) < 4.78 is 48.1. The predicted octanol–water partition coefficient (Wildman–Crippen LogP) is 3.99. The van der Waals surface area contributed by atoms with Crippen molar-refractivity contribution in [3.05, 3.63) is 77.6 Å². The number of hydrogen-bond acceptors (Lipinski definition) is 5. The minimum absolute atomic E-state index is 0.151. The minimum atomic E-state index is -4.88. The van der Waals surface area contributed by atoms with Gasteiger partial charge in [-0.1, -0.05) is 42.5 Å². The molecule has 2 aromatic carbocycles. The fraction of sp³-hybridized carbons (Fsp3) is 0.370. The van der Waals surface area contributed by atoms with Crippen molar-refractivity contribution in [3.63, 3.8) is 0 Å². The second-order valence-corrected chi connectivity index (χ2v) is 9.78. The molecule has 200 valence electrons. The smallest absolute Gasteiger partial charge is 0.408 e. The molecule has 0 radical (unpaired) electrons. The molecule has 11 heteroatoms. The van der Waals surface area contributed by atoms with Crippen LogP contribution in [0.25, 0.3) is 5.69 Å². The van der Waals surface area contributed by atoms with E-state index in [0.29, 0.717) is 17.8 Å². The molecule has 3 heterocycles. The molecular weight excluding hydrogens is 499 g/mol. The van der Waals surface area contributed by atoms with Crippen molar-refractivity contribution in [1.29, 1.82) is 0 Å². The standard InChI is InChI=1S/C27H28F3N5O3/c28-27(29,30)24-21(13-32-35(24)22-10-4-5-11-23(22)38-26(31)37)25(36)34-16-19-14-33(15-20(19)17-34)12-6-9-18-7-2-1-3-8-18/h1-5,7-8,10-11,13,19-20H,6,9,12,14-17H2,(H2,31,37)/t19-,20?/m0/s1. The summed E-state index contributed by atoms with van der Waals surface area (Å²) in [5.74, 6) is -0.452. The zero-order valence-corrected chi connectivity index (χ0v) is 20.6. The number of fused-ring (bicyclic) bond motifs is 1. The summed E-state index contributed by atoms with van der Waals surface area (Å²) in [5, 5.41) is 3.87. The molecule has 2 amide bonds. The van der Waals surface area contributed by atoms with Gasteiger partial charge in [-0.05, 0) is 48.9 Å². The summed E-state index contributed by atoms with van der Waals surface area (Å²) in [6, 6.07) is 15.9. The summed E-state index contributed by atoms with van der Waals surface area (Å²) in [7, 11) is 0. The molecular formula is C27H28F3N5O3. The first-order valence-corrected chi connectivity index (χ1v) is 12.5. The van der Waals surface area contributed by atoms with Gasteiger partial charge in [0.1, 0.15) is 5.69 Å². The number of primary amides is 1. The maximum atomic E-state index is 14.2. The lowest BCUT2D eigenvalue weighted by molar-refractivity contribution is -0.143. The van der Waals surface area contributed by atoms with Gasteiger partial charge in [0.05, 0.1) is 11.8 Å². The highest BCUT2D eigenvalue weighted by Gasteiger charge is 2.45. The van der Waals surface area contributed by atoms with E-state index in [-0.39, 0.29) is 23.3 Å². The second-order valence-electron chi connectivity index (χ2n) is 9.78. The van der Waals surface area contributed by atoms with Crippen molar-refractivity contribution >= 4 is 12.0 Å². The number of ether oxygens (including phenoxy) is 1. The number of rotatable bonds is 7. The fourth-order valence-corrected chi connectivity index (χ4v) is 5.55. The number of hydrogen-bond donors (Lipinski definition) is 1. The maximum Gasteiger partial charge on any atom is 0.434 e. The minimum Gasteiger partial charge on any atom is -0.408 e. The summed E-state index contributed by atoms with van der Waals surface area (Å²) in [5.41, 5.74) is 4.45. The van der Waals surface area contributed by atoms with Crippen LogP contribution in [-0.4, -0.2) is 64.3 Å². The summed E-state index contributed by atoms with van der Waals surface area (Å²) >= 11 is 0. The Hall–Kier alpha value is -3.86. The molecule has 1 unspecified atom stereocenters. The van der Waals surface area contributed by atoms with Gasteiger partial charge in [-0.3, -0.25) is 4.79 Å². The Kier molecular flexibility index (Phi) is 7.11. The summed E-state index contributed by atoms with van der Waals surface area (Å²) in [6.45, 7) is 3.41. The molecule has 0 bridgehead atoms. The third-order valence-electron chi connectivity index (χ3n) is 7.20. The average Bonchev–Trinajstić information content (AvgIpc) is 3.57. The van der Waals surface area contributed by atoms with E-state index in [9.17, 15) is 22.8 Å². The van der Waals surface area contributed by atoms with Crippen LogP contribution in [0.3, 0.4) is 0 Å². The van der Waals surface area contributed by atoms with E-state index in [0.717, 1.165) is 38.7 Å². The molecule has 2 atom stereocenters. The number of amides is 2. The first-order valence-electron chi connectivity index (χ1n) is 12.5. The molecule has 1 aromatic heterocycles. The quantitative estimate of drug-likeness (QED) is 0.502. The Balaban J connectivity index is 1.27. The number of aromatic nitrogens is 2. The summed E-state index contributed by atoms with van der Waals surface area (Å²) in [4.78, 5) is 28.4. The van der Waals surface area contributed by atoms with Gasteiger partial charge in [0.15, 0.2) is 11.4 Å². The Morgan fingerprint density at radius 3 is 2.29 bits per heavy atom. The van der Waals surface area contributed by atoms with E-state index in [1.54, 1.807) is 0 Å². The maximum absolute atomic E-state index is 14.2. The predicted molar refractivity (Wildman–Crippen MR) is 133 cm³/mol.